The minimum Gasteiger partial charge on any atom is -0.332 e. The Kier molecular flexibility index (Phi) is 5.65. The summed E-state index contributed by atoms with van der Waals surface area (Å²) in [5, 5.41) is 0. The number of nitrogens with zero attached hydrogens (tertiary/aromatic N) is 1. The van der Waals surface area contributed by atoms with Crippen molar-refractivity contribution in [3.05, 3.63) is 0 Å². The van der Waals surface area contributed by atoms with Crippen molar-refractivity contribution in [2.45, 2.75) is 46.8 Å². The van der Waals surface area contributed by atoms with Gasteiger partial charge in [0.05, 0.1) is 6.04 Å². The first-order valence-corrected chi connectivity index (χ1v) is 5.95. The molecule has 6 heteroatoms. The fourth-order valence-electron chi connectivity index (χ4n) is 1.46. The number of nitrogens with two attached hydrogens (primary N) is 1. The van der Waals surface area contributed by atoms with Gasteiger partial charge in [0.25, 0.3) is 0 Å². The number of carbonyl (C=O) groups excluding carboxylic acids is 1. The second-order valence-electron chi connectivity index (χ2n) is 6.07. The van der Waals surface area contributed by atoms with Crippen molar-refractivity contribution in [3.63, 3.8) is 0 Å². The highest BCUT2D eigenvalue weighted by Gasteiger charge is 2.37. The predicted octanol–water partition coefficient (Wildman–Crippen LogP) is 2.41. The lowest BCUT2D eigenvalue weighted by atomic mass is 9.86. The molecule has 0 fully saturated rings. The molecule has 1 amide bonds. The molecule has 0 saturated carbocycles. The number of alkyl halides is 3. The summed E-state index contributed by atoms with van der Waals surface area (Å²) in [5.74, 6) is -0.683. The number of hydrogen-bond donors (Lipinski definition) is 1. The highest BCUT2D eigenvalue weighted by atomic mass is 19.4. The van der Waals surface area contributed by atoms with E-state index in [1.54, 1.807) is 34.6 Å². The molecule has 18 heavy (non-hydrogen) atoms. The molecule has 0 aromatic heterocycles. The second-order valence-corrected chi connectivity index (χ2v) is 6.07. The third-order valence-corrected chi connectivity index (χ3v) is 2.47. The lowest BCUT2D eigenvalue weighted by Gasteiger charge is -2.33. The maximum atomic E-state index is 12.4. The van der Waals surface area contributed by atoms with E-state index in [0.717, 1.165) is 4.90 Å². The average molecular weight is 268 g/mol. The zero-order valence-corrected chi connectivity index (χ0v) is 11.6. The first kappa shape index (κ1) is 17.2. The summed E-state index contributed by atoms with van der Waals surface area (Å²) in [7, 11) is 0. The van der Waals surface area contributed by atoms with E-state index in [1.807, 2.05) is 0 Å². The monoisotopic (exact) mass is 268 g/mol. The third-order valence-electron chi connectivity index (χ3n) is 2.47. The van der Waals surface area contributed by atoms with Crippen molar-refractivity contribution in [1.29, 1.82) is 0 Å². The Morgan fingerprint density at radius 1 is 1.22 bits per heavy atom. The van der Waals surface area contributed by atoms with E-state index in [9.17, 15) is 18.0 Å². The SMILES string of the molecule is CC(C)CN(CC(F)(F)F)C(=O)[C@H](N)C(C)(C)C. The van der Waals surface area contributed by atoms with Crippen molar-refractivity contribution in [2.24, 2.45) is 17.1 Å². The van der Waals surface area contributed by atoms with Crippen molar-refractivity contribution in [1.82, 2.24) is 4.90 Å². The fraction of sp³-hybridized carbons (Fsp3) is 0.917. The molecule has 0 unspecified atom stereocenters. The molecule has 0 aliphatic rings. The Bertz CT molecular complexity index is 282. The smallest absolute Gasteiger partial charge is 0.332 e. The van der Waals surface area contributed by atoms with Crippen molar-refractivity contribution in [3.8, 4) is 0 Å². The maximum Gasteiger partial charge on any atom is 0.406 e. The Labute approximate surface area is 107 Å². The van der Waals surface area contributed by atoms with Gasteiger partial charge >= 0.3 is 6.18 Å². The van der Waals surface area contributed by atoms with Gasteiger partial charge in [0.1, 0.15) is 6.54 Å². The van der Waals surface area contributed by atoms with E-state index >= 15 is 0 Å². The molecule has 0 aromatic carbocycles. The summed E-state index contributed by atoms with van der Waals surface area (Å²) in [6.07, 6.45) is -4.40. The van der Waals surface area contributed by atoms with Crippen LogP contribution in [0.15, 0.2) is 0 Å². The number of carbonyl (C=O) groups is 1. The van der Waals surface area contributed by atoms with E-state index < -0.39 is 30.1 Å². The fourth-order valence-corrected chi connectivity index (χ4v) is 1.46. The molecule has 1 atom stereocenters. The van der Waals surface area contributed by atoms with Gasteiger partial charge in [-0.3, -0.25) is 4.79 Å². The first-order valence-electron chi connectivity index (χ1n) is 5.95. The van der Waals surface area contributed by atoms with Crippen LogP contribution in [0.3, 0.4) is 0 Å². The molecule has 0 aliphatic heterocycles. The van der Waals surface area contributed by atoms with Crippen LogP contribution in [0.1, 0.15) is 34.6 Å². The van der Waals surface area contributed by atoms with Crippen molar-refractivity contribution in [2.75, 3.05) is 13.1 Å². The minimum absolute atomic E-state index is 0.0385. The molecule has 0 heterocycles. The van der Waals surface area contributed by atoms with Crippen LogP contribution in [0, 0.1) is 11.3 Å². The van der Waals surface area contributed by atoms with Gasteiger partial charge in [0.15, 0.2) is 0 Å². The van der Waals surface area contributed by atoms with Crippen LogP contribution < -0.4 is 5.73 Å². The molecule has 108 valence electrons. The largest absolute Gasteiger partial charge is 0.406 e. The van der Waals surface area contributed by atoms with Crippen LogP contribution in [-0.4, -0.2) is 36.1 Å². The molecule has 0 radical (unpaired) electrons. The summed E-state index contributed by atoms with van der Waals surface area (Å²) in [6, 6.07) is -0.932. The predicted molar refractivity (Wildman–Crippen MR) is 64.9 cm³/mol. The average Bonchev–Trinajstić information content (AvgIpc) is 2.09. The second kappa shape index (κ2) is 5.91. The zero-order valence-electron chi connectivity index (χ0n) is 11.6. The number of halogens is 3. The van der Waals surface area contributed by atoms with Gasteiger partial charge in [-0.1, -0.05) is 34.6 Å². The molecular formula is C12H23F3N2O. The van der Waals surface area contributed by atoms with Crippen LogP contribution in [0.5, 0.6) is 0 Å². The molecule has 0 rings (SSSR count). The summed E-state index contributed by atoms with van der Waals surface area (Å²) < 4.78 is 37.3. The summed E-state index contributed by atoms with van der Waals surface area (Å²) >= 11 is 0. The van der Waals surface area contributed by atoms with Crippen LogP contribution in [0.4, 0.5) is 13.2 Å². The molecule has 0 saturated heterocycles. The van der Waals surface area contributed by atoms with Gasteiger partial charge < -0.3 is 10.6 Å². The van der Waals surface area contributed by atoms with Crippen molar-refractivity contribution >= 4 is 5.91 Å². The topological polar surface area (TPSA) is 46.3 Å². The normalized spacial score (nSPS) is 14.8. The molecule has 3 nitrogen and oxygen atoms in total. The van der Waals surface area contributed by atoms with Crippen LogP contribution in [0.25, 0.3) is 0 Å². The highest BCUT2D eigenvalue weighted by molar-refractivity contribution is 5.82. The number of amides is 1. The van der Waals surface area contributed by atoms with E-state index in [-0.39, 0.29) is 12.5 Å². The lowest BCUT2D eigenvalue weighted by molar-refractivity contribution is -0.164. The molecule has 0 aliphatic carbocycles. The standard InChI is InChI=1S/C12H23F3N2O/c1-8(2)6-17(7-12(13,14)15)10(18)9(16)11(3,4)5/h8-9H,6-7,16H2,1-5H3/t9-/m0/s1. The third kappa shape index (κ3) is 6.23. The molecule has 2 N–H and O–H groups in total. The van der Waals surface area contributed by atoms with Crippen LogP contribution >= 0.6 is 0 Å². The van der Waals surface area contributed by atoms with Gasteiger partial charge in [-0.15, -0.1) is 0 Å². The van der Waals surface area contributed by atoms with Crippen molar-refractivity contribution < 1.29 is 18.0 Å². The summed E-state index contributed by atoms with van der Waals surface area (Å²) in [4.78, 5) is 12.8. The Morgan fingerprint density at radius 2 is 1.67 bits per heavy atom. The molecular weight excluding hydrogens is 245 g/mol. The summed E-state index contributed by atoms with van der Waals surface area (Å²) in [6.45, 7) is 7.54. The van der Waals surface area contributed by atoms with Gasteiger partial charge in [-0.25, -0.2) is 0 Å². The minimum atomic E-state index is -4.40. The lowest BCUT2D eigenvalue weighted by Crippen LogP contribution is -2.53. The molecule has 0 bridgehead atoms. The van der Waals surface area contributed by atoms with Crippen LogP contribution in [0.2, 0.25) is 0 Å². The van der Waals surface area contributed by atoms with Gasteiger partial charge in [-0.05, 0) is 11.3 Å². The maximum absolute atomic E-state index is 12.4. The van der Waals surface area contributed by atoms with E-state index in [0.29, 0.717) is 0 Å². The zero-order chi connectivity index (χ0) is 14.7. The Hall–Kier alpha value is -0.780. The molecule has 0 spiro atoms. The number of hydrogen-bond acceptors (Lipinski definition) is 2. The Morgan fingerprint density at radius 3 is 1.94 bits per heavy atom. The number of rotatable bonds is 4. The Balaban J connectivity index is 4.91. The molecule has 0 aromatic rings. The van der Waals surface area contributed by atoms with E-state index in [1.165, 1.54) is 0 Å². The van der Waals surface area contributed by atoms with Gasteiger partial charge in [0.2, 0.25) is 5.91 Å². The van der Waals surface area contributed by atoms with E-state index in [2.05, 4.69) is 0 Å². The highest BCUT2D eigenvalue weighted by Crippen LogP contribution is 2.22. The van der Waals surface area contributed by atoms with E-state index in [4.69, 9.17) is 5.73 Å². The van der Waals surface area contributed by atoms with Gasteiger partial charge in [0, 0.05) is 6.54 Å². The quantitative estimate of drug-likeness (QED) is 0.851. The van der Waals surface area contributed by atoms with Gasteiger partial charge in [-0.2, -0.15) is 13.2 Å². The first-order chi connectivity index (χ1) is 7.84. The summed E-state index contributed by atoms with van der Waals surface area (Å²) in [5.41, 5.74) is 5.17. The van der Waals surface area contributed by atoms with Crippen LogP contribution in [-0.2, 0) is 4.79 Å².